The summed E-state index contributed by atoms with van der Waals surface area (Å²) in [5, 5.41) is 7.77. The molecule has 0 bridgehead atoms. The summed E-state index contributed by atoms with van der Waals surface area (Å²) in [5.41, 5.74) is 2.68. The average molecular weight is 438 g/mol. The largest absolute Gasteiger partial charge is 0.497 e. The second-order valence-electron chi connectivity index (χ2n) is 7.69. The highest BCUT2D eigenvalue weighted by Gasteiger charge is 2.21. The number of nitrogens with one attached hydrogen (secondary N) is 1. The zero-order valence-corrected chi connectivity index (χ0v) is 19.3. The summed E-state index contributed by atoms with van der Waals surface area (Å²) < 4.78 is 18.6. The van der Waals surface area contributed by atoms with Crippen LogP contribution in [0.2, 0.25) is 0 Å². The summed E-state index contributed by atoms with van der Waals surface area (Å²) in [6.07, 6.45) is 1.62. The number of hydrogen-bond donors (Lipinski definition) is 1. The van der Waals surface area contributed by atoms with Crippen LogP contribution < -0.4 is 19.5 Å². The van der Waals surface area contributed by atoms with Gasteiger partial charge in [0.1, 0.15) is 17.2 Å². The van der Waals surface area contributed by atoms with Crippen molar-refractivity contribution in [2.75, 3.05) is 14.2 Å². The lowest BCUT2D eigenvalue weighted by atomic mass is 10.1. The van der Waals surface area contributed by atoms with E-state index >= 15 is 0 Å². The number of aryl methyl sites for hydroxylation is 1. The predicted octanol–water partition coefficient (Wildman–Crippen LogP) is 4.70. The van der Waals surface area contributed by atoms with E-state index in [0.717, 1.165) is 34.9 Å². The standard InChI is InChI=1S/C25H31N3O4/c1-6-23-22(15-16-24(29)26-17(2)3)25(32-21-13-11-20(31-5)12-14-21)28(27-23)18-7-9-19(30-4)10-8-18/h7-14,17H,6,15-16H2,1-5H3,(H,26,29). The molecule has 1 N–H and O–H groups in total. The van der Waals surface area contributed by atoms with Crippen molar-refractivity contribution in [3.8, 4) is 28.8 Å². The first-order valence-corrected chi connectivity index (χ1v) is 10.8. The number of amides is 1. The van der Waals surface area contributed by atoms with Gasteiger partial charge in [-0.3, -0.25) is 4.79 Å². The Hall–Kier alpha value is -3.48. The molecule has 0 aliphatic rings. The molecule has 0 atom stereocenters. The lowest BCUT2D eigenvalue weighted by Crippen LogP contribution is -2.30. The molecule has 32 heavy (non-hydrogen) atoms. The Morgan fingerprint density at radius 3 is 2.06 bits per heavy atom. The van der Waals surface area contributed by atoms with E-state index in [1.54, 1.807) is 18.9 Å². The molecule has 0 unspecified atom stereocenters. The minimum Gasteiger partial charge on any atom is -0.497 e. The van der Waals surface area contributed by atoms with Crippen LogP contribution in [0.3, 0.4) is 0 Å². The number of rotatable bonds is 10. The smallest absolute Gasteiger partial charge is 0.226 e. The van der Waals surface area contributed by atoms with Crippen LogP contribution in [0, 0.1) is 0 Å². The Labute approximate surface area is 189 Å². The second-order valence-corrected chi connectivity index (χ2v) is 7.69. The molecule has 1 aromatic heterocycles. The number of benzene rings is 2. The molecule has 3 aromatic rings. The highest BCUT2D eigenvalue weighted by molar-refractivity contribution is 5.76. The molecule has 7 nitrogen and oxygen atoms in total. The van der Waals surface area contributed by atoms with Crippen molar-refractivity contribution in [3.05, 3.63) is 59.8 Å². The third-order valence-corrected chi connectivity index (χ3v) is 5.00. The van der Waals surface area contributed by atoms with Crippen molar-refractivity contribution < 1.29 is 19.0 Å². The zero-order chi connectivity index (χ0) is 23.1. The summed E-state index contributed by atoms with van der Waals surface area (Å²) in [6.45, 7) is 5.96. The van der Waals surface area contributed by atoms with Crippen molar-refractivity contribution in [1.29, 1.82) is 0 Å². The zero-order valence-electron chi connectivity index (χ0n) is 19.3. The first-order chi connectivity index (χ1) is 15.4. The molecule has 0 fully saturated rings. The molecule has 170 valence electrons. The molecule has 0 saturated heterocycles. The van der Waals surface area contributed by atoms with Gasteiger partial charge < -0.3 is 19.5 Å². The Morgan fingerprint density at radius 1 is 0.969 bits per heavy atom. The van der Waals surface area contributed by atoms with Crippen LogP contribution >= 0.6 is 0 Å². The Balaban J connectivity index is 2.00. The fourth-order valence-corrected chi connectivity index (χ4v) is 3.40. The summed E-state index contributed by atoms with van der Waals surface area (Å²) in [5.74, 6) is 2.79. The highest BCUT2D eigenvalue weighted by Crippen LogP contribution is 2.33. The quantitative estimate of drug-likeness (QED) is 0.498. The Bertz CT molecular complexity index is 1020. The third-order valence-electron chi connectivity index (χ3n) is 5.00. The van der Waals surface area contributed by atoms with Crippen LogP contribution in [-0.2, 0) is 17.6 Å². The molecule has 0 spiro atoms. The molecular weight excluding hydrogens is 406 g/mol. The first kappa shape index (κ1) is 23.2. The number of hydrogen-bond acceptors (Lipinski definition) is 5. The van der Waals surface area contributed by atoms with Gasteiger partial charge in [0.2, 0.25) is 11.8 Å². The number of methoxy groups -OCH3 is 2. The number of aromatic nitrogens is 2. The van der Waals surface area contributed by atoms with E-state index in [0.29, 0.717) is 24.5 Å². The summed E-state index contributed by atoms with van der Waals surface area (Å²) in [4.78, 5) is 12.3. The van der Waals surface area contributed by atoms with Gasteiger partial charge in [0.05, 0.1) is 25.6 Å². The van der Waals surface area contributed by atoms with Crippen LogP contribution in [0.25, 0.3) is 5.69 Å². The van der Waals surface area contributed by atoms with Crippen molar-refractivity contribution >= 4 is 5.91 Å². The third kappa shape index (κ3) is 5.60. The number of ether oxygens (including phenoxy) is 3. The fourth-order valence-electron chi connectivity index (χ4n) is 3.40. The van der Waals surface area contributed by atoms with Crippen molar-refractivity contribution in [3.63, 3.8) is 0 Å². The van der Waals surface area contributed by atoms with Gasteiger partial charge in [-0.2, -0.15) is 5.10 Å². The van der Waals surface area contributed by atoms with E-state index in [1.807, 2.05) is 62.4 Å². The number of nitrogens with zero attached hydrogens (tertiary/aromatic N) is 2. The average Bonchev–Trinajstić information content (AvgIpc) is 3.15. The lowest BCUT2D eigenvalue weighted by molar-refractivity contribution is -0.121. The molecule has 7 heteroatoms. The first-order valence-electron chi connectivity index (χ1n) is 10.8. The van der Waals surface area contributed by atoms with Crippen LogP contribution in [0.5, 0.6) is 23.1 Å². The minimum atomic E-state index is 0.00893. The summed E-state index contributed by atoms with van der Waals surface area (Å²) in [6, 6.07) is 15.1. The van der Waals surface area contributed by atoms with Gasteiger partial charge in [0.15, 0.2) is 0 Å². The van der Waals surface area contributed by atoms with Gasteiger partial charge in [0.25, 0.3) is 0 Å². The fraction of sp³-hybridized carbons (Fsp3) is 0.360. The Kier molecular flexibility index (Phi) is 7.76. The van der Waals surface area contributed by atoms with Gasteiger partial charge in [-0.15, -0.1) is 0 Å². The second kappa shape index (κ2) is 10.7. The number of carbonyl (C=O) groups is 1. The van der Waals surface area contributed by atoms with E-state index in [4.69, 9.17) is 19.3 Å². The molecule has 0 radical (unpaired) electrons. The van der Waals surface area contributed by atoms with Gasteiger partial charge in [-0.25, -0.2) is 4.68 Å². The molecule has 1 amide bonds. The monoisotopic (exact) mass is 437 g/mol. The van der Waals surface area contributed by atoms with Crippen LogP contribution in [0.4, 0.5) is 0 Å². The van der Waals surface area contributed by atoms with Crippen molar-refractivity contribution in [2.45, 2.75) is 46.1 Å². The van der Waals surface area contributed by atoms with Crippen LogP contribution in [0.15, 0.2) is 48.5 Å². The summed E-state index contributed by atoms with van der Waals surface area (Å²) in [7, 11) is 3.26. The van der Waals surface area contributed by atoms with Crippen molar-refractivity contribution in [2.24, 2.45) is 0 Å². The van der Waals surface area contributed by atoms with E-state index in [-0.39, 0.29) is 11.9 Å². The molecule has 0 saturated carbocycles. The van der Waals surface area contributed by atoms with Crippen LogP contribution in [-0.4, -0.2) is 35.9 Å². The molecule has 1 heterocycles. The van der Waals surface area contributed by atoms with Gasteiger partial charge >= 0.3 is 0 Å². The van der Waals surface area contributed by atoms with E-state index in [2.05, 4.69) is 12.2 Å². The van der Waals surface area contributed by atoms with Gasteiger partial charge in [-0.1, -0.05) is 6.92 Å². The molecule has 0 aliphatic carbocycles. The van der Waals surface area contributed by atoms with E-state index in [9.17, 15) is 4.79 Å². The summed E-state index contributed by atoms with van der Waals surface area (Å²) >= 11 is 0. The normalized spacial score (nSPS) is 10.8. The molecular formula is C25H31N3O4. The minimum absolute atomic E-state index is 0.00893. The number of carbonyl (C=O) groups excluding carboxylic acids is 1. The predicted molar refractivity (Wildman–Crippen MR) is 124 cm³/mol. The molecule has 0 aliphatic heterocycles. The molecule has 2 aromatic carbocycles. The van der Waals surface area contributed by atoms with Gasteiger partial charge in [0, 0.05) is 18.0 Å². The lowest BCUT2D eigenvalue weighted by Gasteiger charge is -2.13. The van der Waals surface area contributed by atoms with E-state index < -0.39 is 0 Å². The maximum absolute atomic E-state index is 12.3. The molecule has 3 rings (SSSR count). The van der Waals surface area contributed by atoms with Crippen molar-refractivity contribution in [1.82, 2.24) is 15.1 Å². The maximum atomic E-state index is 12.3. The van der Waals surface area contributed by atoms with Gasteiger partial charge in [-0.05, 0) is 75.2 Å². The van der Waals surface area contributed by atoms with Crippen LogP contribution in [0.1, 0.15) is 38.4 Å². The van der Waals surface area contributed by atoms with E-state index in [1.165, 1.54) is 0 Å². The topological polar surface area (TPSA) is 74.6 Å². The SMILES string of the molecule is CCc1nn(-c2ccc(OC)cc2)c(Oc2ccc(OC)cc2)c1CCC(=O)NC(C)C. The Morgan fingerprint density at radius 2 is 1.53 bits per heavy atom. The highest BCUT2D eigenvalue weighted by atomic mass is 16.5. The maximum Gasteiger partial charge on any atom is 0.226 e.